The molecule has 2 N–H and O–H groups in total. The molecule has 35 heavy (non-hydrogen) atoms. The highest BCUT2D eigenvalue weighted by molar-refractivity contribution is 9.10. The third-order valence-electron chi connectivity index (χ3n) is 5.22. The van der Waals surface area contributed by atoms with Crippen molar-refractivity contribution in [3.05, 3.63) is 93.8 Å². The van der Waals surface area contributed by atoms with Crippen molar-refractivity contribution in [1.82, 2.24) is 10.3 Å². The predicted octanol–water partition coefficient (Wildman–Crippen LogP) is 4.91. The molecule has 9 heteroatoms. The fraction of sp³-hybridized carbons (Fsp3) is 0.115. The van der Waals surface area contributed by atoms with Crippen LogP contribution in [0.15, 0.2) is 82.6 Å². The van der Waals surface area contributed by atoms with Crippen LogP contribution in [-0.2, 0) is 11.3 Å². The molecule has 0 bridgehead atoms. The molecule has 4 rings (SSSR count). The first kappa shape index (κ1) is 24.7. The van der Waals surface area contributed by atoms with Crippen molar-refractivity contribution >= 4 is 63.3 Å². The van der Waals surface area contributed by atoms with Gasteiger partial charge < -0.3 is 15.3 Å². The lowest BCUT2D eigenvalue weighted by Gasteiger charge is -2.22. The van der Waals surface area contributed by atoms with Crippen LogP contribution in [0.2, 0.25) is 0 Å². The first-order chi connectivity index (χ1) is 16.9. The minimum absolute atomic E-state index is 0.0900. The largest absolute Gasteiger partial charge is 0.481 e. The molecule has 1 heterocycles. The summed E-state index contributed by atoms with van der Waals surface area (Å²) < 4.78 is 0.985. The topological polar surface area (TPSA) is 82.5 Å². The number of carbonyl (C=O) groups is 2. The monoisotopic (exact) mass is 545 g/mol. The summed E-state index contributed by atoms with van der Waals surface area (Å²) in [6, 6.07) is 22.9. The van der Waals surface area contributed by atoms with E-state index in [-0.39, 0.29) is 18.9 Å². The minimum atomic E-state index is -0.949. The molecule has 1 amide bonds. The van der Waals surface area contributed by atoms with Crippen molar-refractivity contribution in [2.45, 2.75) is 13.0 Å². The zero-order valence-electron chi connectivity index (χ0n) is 18.6. The Balaban J connectivity index is 1.56. The van der Waals surface area contributed by atoms with Crippen LogP contribution in [0.4, 0.5) is 10.8 Å². The highest BCUT2D eigenvalue weighted by Crippen LogP contribution is 2.34. The van der Waals surface area contributed by atoms with E-state index in [1.54, 1.807) is 23.5 Å². The molecule has 174 valence electrons. The lowest BCUT2D eigenvalue weighted by Crippen LogP contribution is -2.26. The molecule has 0 unspecified atom stereocenters. The van der Waals surface area contributed by atoms with Gasteiger partial charge in [-0.25, -0.2) is 4.98 Å². The van der Waals surface area contributed by atoms with Crippen molar-refractivity contribution in [3.8, 4) is 11.3 Å². The van der Waals surface area contributed by atoms with Crippen molar-refractivity contribution in [1.29, 1.82) is 0 Å². The van der Waals surface area contributed by atoms with E-state index in [1.165, 1.54) is 0 Å². The molecular formula is C26H21BBrN3O3S. The van der Waals surface area contributed by atoms with E-state index in [4.69, 9.17) is 17.9 Å². The van der Waals surface area contributed by atoms with Gasteiger partial charge in [0.25, 0.3) is 5.91 Å². The van der Waals surface area contributed by atoms with Gasteiger partial charge in [-0.3, -0.25) is 9.59 Å². The van der Waals surface area contributed by atoms with Crippen LogP contribution in [0, 0.1) is 0 Å². The first-order valence-corrected chi connectivity index (χ1v) is 12.5. The number of nitrogens with zero attached hydrogens (tertiary/aromatic N) is 2. The standard InChI is InChI=1S/C26H21BBrN3O3S/c27-20-3-1-2-19(14-20)23-16-35-26(30-23)31(22-10-8-21(28)9-11-22)15-17-4-6-18(7-5-17)25(34)29-13-12-24(32)33/h1-11,14,16H,12-13,15H2,(H,29,34)(H,32,33). The van der Waals surface area contributed by atoms with Crippen LogP contribution >= 0.6 is 27.3 Å². The number of amides is 1. The van der Waals surface area contributed by atoms with Gasteiger partial charge in [-0.2, -0.15) is 0 Å². The maximum absolute atomic E-state index is 12.3. The van der Waals surface area contributed by atoms with Crippen LogP contribution in [-0.4, -0.2) is 36.4 Å². The molecular weight excluding hydrogens is 525 g/mol. The first-order valence-electron chi connectivity index (χ1n) is 10.8. The average molecular weight is 546 g/mol. The molecule has 6 nitrogen and oxygen atoms in total. The van der Waals surface area contributed by atoms with Gasteiger partial charge in [-0.05, 0) is 42.0 Å². The third-order valence-corrected chi connectivity index (χ3v) is 6.62. The Morgan fingerprint density at radius 2 is 1.80 bits per heavy atom. The van der Waals surface area contributed by atoms with Gasteiger partial charge >= 0.3 is 5.97 Å². The Morgan fingerprint density at radius 1 is 1.06 bits per heavy atom. The molecule has 0 aliphatic heterocycles. The van der Waals surface area contributed by atoms with E-state index in [1.807, 2.05) is 66.0 Å². The summed E-state index contributed by atoms with van der Waals surface area (Å²) >= 11 is 5.04. The zero-order valence-corrected chi connectivity index (χ0v) is 21.1. The quantitative estimate of drug-likeness (QED) is 0.292. The van der Waals surface area contributed by atoms with Crippen molar-refractivity contribution in [2.75, 3.05) is 11.4 Å². The molecule has 1 aromatic heterocycles. The van der Waals surface area contributed by atoms with E-state index >= 15 is 0 Å². The molecule has 0 spiro atoms. The fourth-order valence-corrected chi connectivity index (χ4v) is 4.56. The normalized spacial score (nSPS) is 10.7. The molecule has 0 fully saturated rings. The van der Waals surface area contributed by atoms with Gasteiger partial charge in [0.2, 0.25) is 0 Å². The summed E-state index contributed by atoms with van der Waals surface area (Å²) in [5, 5.41) is 14.2. The SMILES string of the molecule is [B]c1cccc(-c2csc(N(Cc3ccc(C(=O)NCCC(=O)O)cc3)c3ccc(Br)cc3)n2)c1. The number of carbonyl (C=O) groups excluding carboxylic acids is 1. The van der Waals surface area contributed by atoms with Gasteiger partial charge in [-0.1, -0.05) is 57.8 Å². The molecule has 0 aliphatic rings. The van der Waals surface area contributed by atoms with Gasteiger partial charge in [0.15, 0.2) is 5.13 Å². The Morgan fingerprint density at radius 3 is 2.49 bits per heavy atom. The Labute approximate surface area is 217 Å². The van der Waals surface area contributed by atoms with E-state index in [9.17, 15) is 9.59 Å². The summed E-state index contributed by atoms with van der Waals surface area (Å²) in [5.41, 5.74) is 4.96. The molecule has 4 aromatic rings. The number of aliphatic carboxylic acids is 1. The maximum atomic E-state index is 12.3. The number of halogens is 1. The van der Waals surface area contributed by atoms with E-state index < -0.39 is 5.97 Å². The van der Waals surface area contributed by atoms with E-state index in [2.05, 4.69) is 26.1 Å². The average Bonchev–Trinajstić information content (AvgIpc) is 3.33. The zero-order chi connectivity index (χ0) is 24.8. The van der Waals surface area contributed by atoms with Crippen LogP contribution in [0.1, 0.15) is 22.3 Å². The summed E-state index contributed by atoms with van der Waals surface area (Å²) in [6.45, 7) is 0.638. The highest BCUT2D eigenvalue weighted by Gasteiger charge is 2.16. The smallest absolute Gasteiger partial charge is 0.305 e. The second-order valence-corrected chi connectivity index (χ2v) is 9.55. The number of thiazole rings is 1. The van der Waals surface area contributed by atoms with Gasteiger partial charge in [0, 0.05) is 33.2 Å². The molecule has 3 aromatic carbocycles. The summed E-state index contributed by atoms with van der Waals surface area (Å²) in [6.07, 6.45) is -0.114. The van der Waals surface area contributed by atoms with Crippen molar-refractivity contribution < 1.29 is 14.7 Å². The second kappa shape index (κ2) is 11.3. The minimum Gasteiger partial charge on any atom is -0.481 e. The molecule has 0 saturated heterocycles. The highest BCUT2D eigenvalue weighted by atomic mass is 79.9. The molecule has 0 saturated carbocycles. The van der Waals surface area contributed by atoms with Gasteiger partial charge in [0.1, 0.15) is 7.85 Å². The van der Waals surface area contributed by atoms with Crippen LogP contribution in [0.5, 0.6) is 0 Å². The third kappa shape index (κ3) is 6.58. The lowest BCUT2D eigenvalue weighted by atomic mass is 9.94. The van der Waals surface area contributed by atoms with Crippen molar-refractivity contribution in [3.63, 3.8) is 0 Å². The number of carboxylic acids is 1. The summed E-state index contributed by atoms with van der Waals surface area (Å²) in [5.74, 6) is -1.25. The number of aromatic nitrogens is 1. The molecule has 0 atom stereocenters. The molecule has 0 aliphatic carbocycles. The fourth-order valence-electron chi connectivity index (χ4n) is 3.44. The van der Waals surface area contributed by atoms with Crippen LogP contribution in [0.25, 0.3) is 11.3 Å². The Kier molecular flexibility index (Phi) is 8.00. The Hall–Kier alpha value is -3.43. The van der Waals surface area contributed by atoms with E-state index in [0.29, 0.717) is 17.6 Å². The Bertz CT molecular complexity index is 1330. The number of nitrogens with one attached hydrogen (secondary N) is 1. The number of rotatable bonds is 9. The number of hydrogen-bond donors (Lipinski definition) is 2. The molecule has 2 radical (unpaired) electrons. The number of hydrogen-bond acceptors (Lipinski definition) is 5. The van der Waals surface area contributed by atoms with Gasteiger partial charge in [-0.15, -0.1) is 11.3 Å². The number of anilines is 2. The summed E-state index contributed by atoms with van der Waals surface area (Å²) in [7, 11) is 5.95. The number of carboxylic acid groups (broad SMARTS) is 1. The van der Waals surface area contributed by atoms with Crippen LogP contribution in [0.3, 0.4) is 0 Å². The number of benzene rings is 3. The van der Waals surface area contributed by atoms with Crippen LogP contribution < -0.4 is 15.7 Å². The predicted molar refractivity (Wildman–Crippen MR) is 144 cm³/mol. The lowest BCUT2D eigenvalue weighted by molar-refractivity contribution is -0.136. The second-order valence-electron chi connectivity index (χ2n) is 7.80. The van der Waals surface area contributed by atoms with Gasteiger partial charge in [0.05, 0.1) is 18.7 Å². The maximum Gasteiger partial charge on any atom is 0.305 e. The van der Waals surface area contributed by atoms with E-state index in [0.717, 1.165) is 32.1 Å². The summed E-state index contributed by atoms with van der Waals surface area (Å²) in [4.78, 5) is 29.9. The van der Waals surface area contributed by atoms with Crippen molar-refractivity contribution in [2.24, 2.45) is 0 Å².